The lowest BCUT2D eigenvalue weighted by Crippen LogP contribution is -2.13. The molecular weight excluding hydrogens is 253 g/mol. The van der Waals surface area contributed by atoms with Crippen LogP contribution in [0.3, 0.4) is 0 Å². The molecule has 4 heteroatoms. The largest absolute Gasteiger partial charge is 0.508 e. The monoisotopic (exact) mass is 265 g/mol. The van der Waals surface area contributed by atoms with E-state index in [1.165, 1.54) is 12.1 Å². The molecule has 18 heavy (non-hydrogen) atoms. The molecular formula is C14H13ClFNO. The molecule has 0 radical (unpaired) electrons. The highest BCUT2D eigenvalue weighted by atomic mass is 35.5. The molecule has 0 saturated carbocycles. The van der Waals surface area contributed by atoms with Crippen LogP contribution in [-0.2, 0) is 13.1 Å². The van der Waals surface area contributed by atoms with Crippen molar-refractivity contribution in [3.05, 3.63) is 64.4 Å². The van der Waals surface area contributed by atoms with Gasteiger partial charge in [0.25, 0.3) is 0 Å². The SMILES string of the molecule is Oc1cccc(Cl)c1CNCc1cccc(F)c1. The Hall–Kier alpha value is -1.58. The van der Waals surface area contributed by atoms with Gasteiger partial charge in [-0.25, -0.2) is 4.39 Å². The molecule has 0 spiro atoms. The second-order valence-corrected chi connectivity index (χ2v) is 4.38. The Morgan fingerprint density at radius 3 is 2.61 bits per heavy atom. The molecule has 0 amide bonds. The van der Waals surface area contributed by atoms with E-state index in [2.05, 4.69) is 5.32 Å². The second kappa shape index (κ2) is 5.85. The van der Waals surface area contributed by atoms with E-state index in [-0.39, 0.29) is 11.6 Å². The fraction of sp³-hybridized carbons (Fsp3) is 0.143. The van der Waals surface area contributed by atoms with Gasteiger partial charge in [0, 0.05) is 23.7 Å². The van der Waals surface area contributed by atoms with Gasteiger partial charge in [-0.3, -0.25) is 0 Å². The van der Waals surface area contributed by atoms with E-state index < -0.39 is 0 Å². The van der Waals surface area contributed by atoms with Crippen LogP contribution in [0.4, 0.5) is 4.39 Å². The fourth-order valence-electron chi connectivity index (χ4n) is 1.70. The van der Waals surface area contributed by atoms with E-state index in [9.17, 15) is 9.50 Å². The van der Waals surface area contributed by atoms with Gasteiger partial charge in [-0.15, -0.1) is 0 Å². The molecule has 0 bridgehead atoms. The van der Waals surface area contributed by atoms with Gasteiger partial charge in [0.15, 0.2) is 0 Å². The average Bonchev–Trinajstić information content (AvgIpc) is 2.33. The predicted molar refractivity (Wildman–Crippen MR) is 70.1 cm³/mol. The van der Waals surface area contributed by atoms with Crippen LogP contribution >= 0.6 is 11.6 Å². The highest BCUT2D eigenvalue weighted by Crippen LogP contribution is 2.24. The van der Waals surface area contributed by atoms with Gasteiger partial charge in [-0.2, -0.15) is 0 Å². The van der Waals surface area contributed by atoms with Crippen LogP contribution in [0.15, 0.2) is 42.5 Å². The number of aromatic hydroxyl groups is 1. The van der Waals surface area contributed by atoms with Crippen LogP contribution in [0.1, 0.15) is 11.1 Å². The van der Waals surface area contributed by atoms with Gasteiger partial charge in [-0.05, 0) is 29.8 Å². The maximum Gasteiger partial charge on any atom is 0.123 e. The maximum atomic E-state index is 13.0. The highest BCUT2D eigenvalue weighted by Gasteiger charge is 2.05. The molecule has 0 aliphatic heterocycles. The first kappa shape index (κ1) is 12.9. The third-order valence-corrected chi connectivity index (χ3v) is 2.97. The van der Waals surface area contributed by atoms with Crippen molar-refractivity contribution in [2.75, 3.05) is 0 Å². The van der Waals surface area contributed by atoms with Crippen LogP contribution in [0, 0.1) is 5.82 Å². The average molecular weight is 266 g/mol. The first-order valence-corrected chi connectivity index (χ1v) is 5.96. The number of nitrogens with one attached hydrogen (secondary N) is 1. The quantitative estimate of drug-likeness (QED) is 0.887. The Balaban J connectivity index is 1.97. The van der Waals surface area contributed by atoms with Crippen molar-refractivity contribution in [1.82, 2.24) is 5.32 Å². The standard InChI is InChI=1S/C14H13ClFNO/c15-13-5-2-6-14(18)12(13)9-17-8-10-3-1-4-11(16)7-10/h1-7,17-18H,8-9H2. The Morgan fingerprint density at radius 1 is 1.11 bits per heavy atom. The minimum absolute atomic E-state index is 0.161. The Kier molecular flexibility index (Phi) is 4.18. The normalized spacial score (nSPS) is 10.6. The van der Waals surface area contributed by atoms with Gasteiger partial charge in [0.1, 0.15) is 11.6 Å². The first-order valence-electron chi connectivity index (χ1n) is 5.58. The lowest BCUT2D eigenvalue weighted by atomic mass is 10.2. The number of halogens is 2. The predicted octanol–water partition coefficient (Wildman–Crippen LogP) is 3.47. The molecule has 2 nitrogen and oxygen atoms in total. The van der Waals surface area contributed by atoms with Crippen LogP contribution in [0.5, 0.6) is 5.75 Å². The van der Waals surface area contributed by atoms with Crippen molar-refractivity contribution in [1.29, 1.82) is 0 Å². The van der Waals surface area contributed by atoms with E-state index in [1.54, 1.807) is 24.3 Å². The second-order valence-electron chi connectivity index (χ2n) is 3.97. The fourth-order valence-corrected chi connectivity index (χ4v) is 1.94. The van der Waals surface area contributed by atoms with E-state index in [0.29, 0.717) is 23.7 Å². The van der Waals surface area contributed by atoms with Crippen LogP contribution in [0.25, 0.3) is 0 Å². The van der Waals surface area contributed by atoms with Crippen molar-refractivity contribution in [2.45, 2.75) is 13.1 Å². The molecule has 94 valence electrons. The number of hydrogen-bond donors (Lipinski definition) is 2. The third kappa shape index (κ3) is 3.22. The van der Waals surface area contributed by atoms with Crippen LogP contribution < -0.4 is 5.32 Å². The molecule has 2 rings (SSSR count). The first-order chi connectivity index (χ1) is 8.66. The lowest BCUT2D eigenvalue weighted by molar-refractivity contribution is 0.464. The molecule has 2 aromatic carbocycles. The zero-order chi connectivity index (χ0) is 13.0. The lowest BCUT2D eigenvalue weighted by Gasteiger charge is -2.08. The van der Waals surface area contributed by atoms with Gasteiger partial charge < -0.3 is 10.4 Å². The molecule has 0 aromatic heterocycles. The van der Waals surface area contributed by atoms with Crippen molar-refractivity contribution in [3.8, 4) is 5.75 Å². The van der Waals surface area contributed by atoms with Gasteiger partial charge in [0.2, 0.25) is 0 Å². The topological polar surface area (TPSA) is 32.3 Å². The van der Waals surface area contributed by atoms with Crippen LogP contribution in [0.2, 0.25) is 5.02 Å². The maximum absolute atomic E-state index is 13.0. The molecule has 0 aliphatic rings. The Labute approximate surface area is 110 Å². The van der Waals surface area contributed by atoms with E-state index >= 15 is 0 Å². The third-order valence-electron chi connectivity index (χ3n) is 2.61. The number of hydrogen-bond acceptors (Lipinski definition) is 2. The number of phenolic OH excluding ortho intramolecular Hbond substituents is 1. The van der Waals surface area contributed by atoms with Crippen molar-refractivity contribution in [2.24, 2.45) is 0 Å². The summed E-state index contributed by atoms with van der Waals surface area (Å²) < 4.78 is 13.0. The summed E-state index contributed by atoms with van der Waals surface area (Å²) in [5.41, 5.74) is 1.50. The van der Waals surface area contributed by atoms with Crippen LogP contribution in [-0.4, -0.2) is 5.11 Å². The molecule has 2 aromatic rings. The zero-order valence-corrected chi connectivity index (χ0v) is 10.4. The summed E-state index contributed by atoms with van der Waals surface area (Å²) in [7, 11) is 0. The summed E-state index contributed by atoms with van der Waals surface area (Å²) in [5, 5.41) is 13.3. The molecule has 0 atom stereocenters. The highest BCUT2D eigenvalue weighted by molar-refractivity contribution is 6.31. The van der Waals surface area contributed by atoms with Crippen molar-refractivity contribution < 1.29 is 9.50 Å². The Bertz CT molecular complexity index is 525. The molecule has 0 saturated heterocycles. The molecule has 0 aliphatic carbocycles. The van der Waals surface area contributed by atoms with E-state index in [4.69, 9.17) is 11.6 Å². The number of rotatable bonds is 4. The van der Waals surface area contributed by atoms with E-state index in [1.807, 2.05) is 6.07 Å². The smallest absolute Gasteiger partial charge is 0.123 e. The minimum atomic E-state index is -0.255. The van der Waals surface area contributed by atoms with Crippen molar-refractivity contribution >= 4 is 11.6 Å². The summed E-state index contributed by atoms with van der Waals surface area (Å²) in [6, 6.07) is 11.4. The van der Waals surface area contributed by atoms with Gasteiger partial charge >= 0.3 is 0 Å². The summed E-state index contributed by atoms with van der Waals surface area (Å²) in [6.07, 6.45) is 0. The minimum Gasteiger partial charge on any atom is -0.508 e. The van der Waals surface area contributed by atoms with E-state index in [0.717, 1.165) is 5.56 Å². The summed E-state index contributed by atoms with van der Waals surface area (Å²) in [5.74, 6) is -0.0934. The zero-order valence-electron chi connectivity index (χ0n) is 9.66. The van der Waals surface area contributed by atoms with Gasteiger partial charge in [0.05, 0.1) is 0 Å². The molecule has 0 heterocycles. The summed E-state index contributed by atoms with van der Waals surface area (Å²) in [4.78, 5) is 0. The molecule has 0 fully saturated rings. The van der Waals surface area contributed by atoms with Gasteiger partial charge in [-0.1, -0.05) is 29.8 Å². The number of benzene rings is 2. The summed E-state index contributed by atoms with van der Waals surface area (Å²) in [6.45, 7) is 0.949. The molecule has 2 N–H and O–H groups in total. The Morgan fingerprint density at radius 2 is 1.89 bits per heavy atom. The number of phenols is 1. The summed E-state index contributed by atoms with van der Waals surface area (Å²) >= 11 is 5.98. The molecule has 0 unspecified atom stereocenters. The van der Waals surface area contributed by atoms with Crippen molar-refractivity contribution in [3.63, 3.8) is 0 Å².